The van der Waals surface area contributed by atoms with Crippen LogP contribution in [0.1, 0.15) is 36.0 Å². The molecule has 0 unspecified atom stereocenters. The topological polar surface area (TPSA) is 100 Å². The van der Waals surface area contributed by atoms with Crippen LogP contribution in [-0.2, 0) is 17.1 Å². The number of hydrogen-bond acceptors (Lipinski definition) is 6. The monoisotopic (exact) mass is 534 g/mol. The van der Waals surface area contributed by atoms with Gasteiger partial charge in [-0.2, -0.15) is 4.31 Å². The Balaban J connectivity index is 1.47. The first-order chi connectivity index (χ1) is 16.4. The number of piperazine rings is 1. The van der Waals surface area contributed by atoms with E-state index in [2.05, 4.69) is 15.6 Å². The largest absolute Gasteiger partial charge is 0.350 e. The Morgan fingerprint density at radius 2 is 1.80 bits per heavy atom. The van der Waals surface area contributed by atoms with E-state index >= 15 is 0 Å². The van der Waals surface area contributed by atoms with Crippen molar-refractivity contribution in [3.63, 3.8) is 0 Å². The molecule has 1 aliphatic heterocycles. The quantitative estimate of drug-likeness (QED) is 0.610. The summed E-state index contributed by atoms with van der Waals surface area (Å²) in [5.41, 5.74) is -0.684. The first-order valence-electron chi connectivity index (χ1n) is 11.1. The molecule has 192 valence electrons. The molecule has 2 aliphatic rings. The number of benzene rings is 1. The molecular formula is C21H26ClF3N6O3S. The maximum atomic E-state index is 14.0. The van der Waals surface area contributed by atoms with Gasteiger partial charge in [0, 0.05) is 58.2 Å². The molecule has 1 aromatic carbocycles. The first kappa shape index (κ1) is 25.9. The third-order valence-corrected chi connectivity index (χ3v) is 8.83. The summed E-state index contributed by atoms with van der Waals surface area (Å²) in [5.74, 6) is -3.90. The minimum Gasteiger partial charge on any atom is -0.350 e. The number of aromatic nitrogens is 3. The van der Waals surface area contributed by atoms with Crippen molar-refractivity contribution in [2.45, 2.75) is 42.2 Å². The molecule has 1 N–H and O–H groups in total. The average molecular weight is 535 g/mol. The molecule has 1 saturated carbocycles. The number of rotatable bonds is 6. The zero-order valence-electron chi connectivity index (χ0n) is 19.1. The third kappa shape index (κ3) is 5.47. The van der Waals surface area contributed by atoms with Gasteiger partial charge in [-0.3, -0.25) is 14.4 Å². The molecular weight excluding hydrogens is 509 g/mol. The second-order valence-corrected chi connectivity index (χ2v) is 11.3. The van der Waals surface area contributed by atoms with Crippen LogP contribution in [0.15, 0.2) is 29.4 Å². The number of amides is 1. The molecule has 35 heavy (non-hydrogen) atoms. The second-order valence-electron chi connectivity index (χ2n) is 9.01. The molecule has 1 amide bonds. The summed E-state index contributed by atoms with van der Waals surface area (Å²) in [6.45, 7) is 0.979. The third-order valence-electron chi connectivity index (χ3n) is 6.76. The highest BCUT2D eigenvalue weighted by atomic mass is 35.5. The summed E-state index contributed by atoms with van der Waals surface area (Å²) in [7, 11) is -2.26. The molecule has 1 aliphatic carbocycles. The zero-order chi connectivity index (χ0) is 25.4. The molecule has 2 fully saturated rings. The van der Waals surface area contributed by atoms with Gasteiger partial charge in [-0.1, -0.05) is 16.8 Å². The van der Waals surface area contributed by atoms with E-state index in [4.69, 9.17) is 11.6 Å². The number of aryl methyl sites for hydroxylation is 1. The van der Waals surface area contributed by atoms with Crippen LogP contribution >= 0.6 is 11.6 Å². The minimum absolute atomic E-state index is 0.0467. The number of nitrogens with zero attached hydrogens (tertiary/aromatic N) is 5. The number of hydrogen-bond donors (Lipinski definition) is 1. The smallest absolute Gasteiger partial charge is 0.264 e. The SMILES string of the molecule is Cn1cc(S(=O)(=O)N2CCN(C3(CNC(=O)c4ccc(F)cc4Cl)CCC(F)(F)CC3)CC2)nn1. The van der Waals surface area contributed by atoms with E-state index in [0.29, 0.717) is 13.1 Å². The van der Waals surface area contributed by atoms with Gasteiger partial charge in [0.2, 0.25) is 10.9 Å². The van der Waals surface area contributed by atoms with Crippen LogP contribution in [0.4, 0.5) is 13.2 Å². The summed E-state index contributed by atoms with van der Waals surface area (Å²) in [6, 6.07) is 3.42. The van der Waals surface area contributed by atoms with Crippen LogP contribution in [0, 0.1) is 5.82 Å². The predicted octanol–water partition coefficient (Wildman–Crippen LogP) is 2.29. The molecule has 1 saturated heterocycles. The summed E-state index contributed by atoms with van der Waals surface area (Å²) < 4.78 is 69.7. The predicted molar refractivity (Wildman–Crippen MR) is 121 cm³/mol. The van der Waals surface area contributed by atoms with Crippen LogP contribution in [-0.4, -0.2) is 82.7 Å². The fourth-order valence-electron chi connectivity index (χ4n) is 4.68. The van der Waals surface area contributed by atoms with E-state index in [-0.39, 0.29) is 60.9 Å². The molecule has 4 rings (SSSR count). The minimum atomic E-state index is -3.83. The van der Waals surface area contributed by atoms with Gasteiger partial charge in [0.1, 0.15) is 5.82 Å². The van der Waals surface area contributed by atoms with Crippen LogP contribution in [0.25, 0.3) is 0 Å². The van der Waals surface area contributed by atoms with Crippen molar-refractivity contribution in [2.24, 2.45) is 7.05 Å². The molecule has 0 atom stereocenters. The van der Waals surface area contributed by atoms with Gasteiger partial charge >= 0.3 is 0 Å². The number of sulfonamides is 1. The van der Waals surface area contributed by atoms with Crippen molar-refractivity contribution in [3.8, 4) is 0 Å². The fraction of sp³-hybridized carbons (Fsp3) is 0.571. The van der Waals surface area contributed by atoms with Crippen LogP contribution in [0.5, 0.6) is 0 Å². The molecule has 2 heterocycles. The number of nitrogens with one attached hydrogen (secondary N) is 1. The van der Waals surface area contributed by atoms with Crippen molar-refractivity contribution in [1.82, 2.24) is 29.5 Å². The molecule has 2 aromatic rings. The van der Waals surface area contributed by atoms with E-state index in [1.807, 2.05) is 4.90 Å². The Labute approximate surface area is 206 Å². The Hall–Kier alpha value is -2.22. The second kappa shape index (κ2) is 9.68. The highest BCUT2D eigenvalue weighted by Gasteiger charge is 2.48. The maximum absolute atomic E-state index is 14.0. The number of halogens is 4. The van der Waals surface area contributed by atoms with Gasteiger partial charge in [-0.15, -0.1) is 5.10 Å². The van der Waals surface area contributed by atoms with Gasteiger partial charge in [0.15, 0.2) is 0 Å². The van der Waals surface area contributed by atoms with Crippen molar-refractivity contribution in [2.75, 3.05) is 32.7 Å². The lowest BCUT2D eigenvalue weighted by molar-refractivity contribution is -0.0856. The molecule has 0 bridgehead atoms. The van der Waals surface area contributed by atoms with Crippen molar-refractivity contribution >= 4 is 27.5 Å². The van der Waals surface area contributed by atoms with E-state index in [1.54, 1.807) is 7.05 Å². The van der Waals surface area contributed by atoms with Gasteiger partial charge in [0.25, 0.3) is 15.9 Å². The van der Waals surface area contributed by atoms with Crippen LogP contribution in [0.2, 0.25) is 5.02 Å². The highest BCUT2D eigenvalue weighted by Crippen LogP contribution is 2.42. The molecule has 9 nitrogen and oxygen atoms in total. The van der Waals surface area contributed by atoms with E-state index < -0.39 is 33.2 Å². The van der Waals surface area contributed by atoms with Crippen molar-refractivity contribution in [1.29, 1.82) is 0 Å². The number of carbonyl (C=O) groups is 1. The van der Waals surface area contributed by atoms with Gasteiger partial charge in [-0.25, -0.2) is 21.6 Å². The van der Waals surface area contributed by atoms with E-state index in [1.165, 1.54) is 21.3 Å². The Kier molecular flexibility index (Phi) is 7.15. The van der Waals surface area contributed by atoms with Gasteiger partial charge in [0.05, 0.1) is 16.8 Å². The zero-order valence-corrected chi connectivity index (χ0v) is 20.6. The van der Waals surface area contributed by atoms with Crippen molar-refractivity contribution < 1.29 is 26.4 Å². The number of alkyl halides is 2. The lowest BCUT2D eigenvalue weighted by Gasteiger charge is -2.50. The van der Waals surface area contributed by atoms with Gasteiger partial charge < -0.3 is 5.32 Å². The summed E-state index contributed by atoms with van der Waals surface area (Å²) >= 11 is 5.99. The maximum Gasteiger partial charge on any atom is 0.264 e. The van der Waals surface area contributed by atoms with Crippen LogP contribution in [0.3, 0.4) is 0 Å². The van der Waals surface area contributed by atoms with E-state index in [9.17, 15) is 26.4 Å². The number of carbonyl (C=O) groups excluding carboxylic acids is 1. The average Bonchev–Trinajstić information content (AvgIpc) is 3.26. The van der Waals surface area contributed by atoms with Crippen LogP contribution < -0.4 is 5.32 Å². The molecule has 0 radical (unpaired) electrons. The Morgan fingerprint density at radius 1 is 1.14 bits per heavy atom. The molecule has 14 heteroatoms. The summed E-state index contributed by atoms with van der Waals surface area (Å²) in [5, 5.41) is 9.96. The normalized spacial score (nSPS) is 21.1. The standard InChI is InChI=1S/C21H26ClF3N6O3S/c1-29-13-18(27-28-29)35(33,34)31-10-8-30(9-11-31)20(4-6-21(24,25)7-5-20)14-26-19(32)16-3-2-15(23)12-17(16)22/h2-3,12-13H,4-11,14H2,1H3,(H,26,32). The lowest BCUT2D eigenvalue weighted by atomic mass is 9.78. The molecule has 1 aromatic heterocycles. The van der Waals surface area contributed by atoms with E-state index in [0.717, 1.165) is 12.1 Å². The fourth-order valence-corrected chi connectivity index (χ4v) is 6.27. The molecule has 0 spiro atoms. The Morgan fingerprint density at radius 3 is 2.37 bits per heavy atom. The highest BCUT2D eigenvalue weighted by molar-refractivity contribution is 7.89. The van der Waals surface area contributed by atoms with Gasteiger partial charge in [-0.05, 0) is 31.0 Å². The summed E-state index contributed by atoms with van der Waals surface area (Å²) in [6.07, 6.45) is 0.918. The lowest BCUT2D eigenvalue weighted by Crippen LogP contribution is -2.63. The van der Waals surface area contributed by atoms with Crippen molar-refractivity contribution in [3.05, 3.63) is 40.8 Å². The summed E-state index contributed by atoms with van der Waals surface area (Å²) in [4.78, 5) is 14.7. The Bertz CT molecular complexity index is 1190. The first-order valence-corrected chi connectivity index (χ1v) is 13.0.